The number of ether oxygens (including phenoxy) is 1. The topological polar surface area (TPSA) is 27.1 Å². The molecule has 1 aliphatic carbocycles. The van der Waals surface area contributed by atoms with Crippen LogP contribution in [0.25, 0.3) is 0 Å². The van der Waals surface area contributed by atoms with E-state index in [0.29, 0.717) is 0 Å². The summed E-state index contributed by atoms with van der Waals surface area (Å²) in [5, 5.41) is 0. The minimum Gasteiger partial charge on any atom is -0.468 e. The summed E-state index contributed by atoms with van der Waals surface area (Å²) in [4.78, 5) is 4.38. The molecule has 1 aromatic rings. The number of aryl methyl sites for hydroxylation is 1. The first kappa shape index (κ1) is 8.60. The Hall–Kier alpha value is -0.990. The number of nitrogens with zero attached hydrogens (tertiary/aromatic N) is 2. The SMILES string of the molecule is COc1nc(C)c(C)n1C1(C)CC1. The quantitative estimate of drug-likeness (QED) is 0.696. The van der Waals surface area contributed by atoms with Crippen LogP contribution in [0.5, 0.6) is 6.01 Å². The zero-order chi connectivity index (χ0) is 9.64. The highest BCUT2D eigenvalue weighted by Crippen LogP contribution is 2.46. The van der Waals surface area contributed by atoms with Gasteiger partial charge in [0.05, 0.1) is 12.8 Å². The Morgan fingerprint density at radius 3 is 2.46 bits per heavy atom. The summed E-state index contributed by atoms with van der Waals surface area (Å²) in [5.41, 5.74) is 2.58. The zero-order valence-corrected chi connectivity index (χ0v) is 8.72. The molecule has 0 aromatic carbocycles. The summed E-state index contributed by atoms with van der Waals surface area (Å²) in [6.45, 7) is 6.39. The predicted octanol–water partition coefficient (Wildman–Crippen LogP) is 2.02. The van der Waals surface area contributed by atoms with E-state index in [9.17, 15) is 0 Å². The van der Waals surface area contributed by atoms with Crippen molar-refractivity contribution >= 4 is 0 Å². The van der Waals surface area contributed by atoms with E-state index in [-0.39, 0.29) is 5.54 Å². The van der Waals surface area contributed by atoms with E-state index < -0.39 is 0 Å². The molecule has 0 saturated heterocycles. The van der Waals surface area contributed by atoms with Crippen LogP contribution >= 0.6 is 0 Å². The zero-order valence-electron chi connectivity index (χ0n) is 8.72. The molecule has 3 nitrogen and oxygen atoms in total. The molecule has 2 rings (SSSR count). The van der Waals surface area contributed by atoms with E-state index in [0.717, 1.165) is 11.7 Å². The fourth-order valence-corrected chi connectivity index (χ4v) is 1.76. The van der Waals surface area contributed by atoms with Gasteiger partial charge in [-0.05, 0) is 33.6 Å². The fraction of sp³-hybridized carbons (Fsp3) is 0.700. The Morgan fingerprint density at radius 2 is 2.00 bits per heavy atom. The molecule has 1 aliphatic rings. The predicted molar refractivity (Wildman–Crippen MR) is 51.1 cm³/mol. The summed E-state index contributed by atoms with van der Waals surface area (Å²) in [6, 6.07) is 0.759. The minimum absolute atomic E-state index is 0.274. The van der Waals surface area contributed by atoms with Gasteiger partial charge in [0.2, 0.25) is 0 Å². The standard InChI is InChI=1S/C10H16N2O/c1-7-8(2)12(9(11-7)13-4)10(3)5-6-10/h5-6H2,1-4H3. The normalized spacial score (nSPS) is 18.8. The average molecular weight is 180 g/mol. The largest absolute Gasteiger partial charge is 0.468 e. The van der Waals surface area contributed by atoms with Gasteiger partial charge in [-0.15, -0.1) is 0 Å². The number of hydrogen-bond acceptors (Lipinski definition) is 2. The Balaban J connectivity index is 2.53. The molecule has 72 valence electrons. The Kier molecular flexibility index (Phi) is 1.65. The lowest BCUT2D eigenvalue weighted by Crippen LogP contribution is -2.15. The van der Waals surface area contributed by atoms with E-state index in [4.69, 9.17) is 4.74 Å². The molecule has 0 unspecified atom stereocenters. The maximum absolute atomic E-state index is 5.27. The van der Waals surface area contributed by atoms with Crippen LogP contribution in [-0.4, -0.2) is 16.7 Å². The van der Waals surface area contributed by atoms with Gasteiger partial charge in [0.15, 0.2) is 0 Å². The van der Waals surface area contributed by atoms with Crippen molar-refractivity contribution in [3.05, 3.63) is 11.4 Å². The van der Waals surface area contributed by atoms with Gasteiger partial charge in [0, 0.05) is 11.2 Å². The van der Waals surface area contributed by atoms with Crippen LogP contribution in [0.4, 0.5) is 0 Å². The number of aromatic nitrogens is 2. The molecule has 1 heterocycles. The van der Waals surface area contributed by atoms with E-state index >= 15 is 0 Å². The number of hydrogen-bond donors (Lipinski definition) is 0. The molecule has 0 N–H and O–H groups in total. The van der Waals surface area contributed by atoms with Crippen molar-refractivity contribution in [2.75, 3.05) is 7.11 Å². The maximum Gasteiger partial charge on any atom is 0.296 e. The molecule has 1 fully saturated rings. The van der Waals surface area contributed by atoms with Crippen LogP contribution in [0.3, 0.4) is 0 Å². The van der Waals surface area contributed by atoms with Crippen molar-refractivity contribution in [3.63, 3.8) is 0 Å². The molecule has 3 heteroatoms. The maximum atomic E-state index is 5.27. The van der Waals surface area contributed by atoms with E-state index in [1.54, 1.807) is 7.11 Å². The van der Waals surface area contributed by atoms with Crippen LogP contribution in [0.1, 0.15) is 31.2 Å². The van der Waals surface area contributed by atoms with Gasteiger partial charge in [-0.3, -0.25) is 4.57 Å². The van der Waals surface area contributed by atoms with Gasteiger partial charge in [-0.25, -0.2) is 4.98 Å². The molecule has 0 amide bonds. The second-order valence-electron chi connectivity index (χ2n) is 4.10. The van der Waals surface area contributed by atoms with Crippen molar-refractivity contribution in [1.29, 1.82) is 0 Å². The summed E-state index contributed by atoms with van der Waals surface area (Å²) < 4.78 is 7.49. The van der Waals surface area contributed by atoms with Gasteiger partial charge in [0.1, 0.15) is 0 Å². The van der Waals surface area contributed by atoms with Gasteiger partial charge >= 0.3 is 0 Å². The number of methoxy groups -OCH3 is 1. The highest BCUT2D eigenvalue weighted by molar-refractivity contribution is 5.23. The first-order valence-corrected chi connectivity index (χ1v) is 4.69. The second kappa shape index (κ2) is 2.50. The Bertz CT molecular complexity index is 337. The lowest BCUT2D eigenvalue weighted by atomic mass is 10.3. The third-order valence-electron chi connectivity index (χ3n) is 3.01. The first-order valence-electron chi connectivity index (χ1n) is 4.69. The van der Waals surface area contributed by atoms with Crippen molar-refractivity contribution < 1.29 is 4.74 Å². The van der Waals surface area contributed by atoms with Crippen molar-refractivity contribution in [3.8, 4) is 6.01 Å². The van der Waals surface area contributed by atoms with Crippen molar-refractivity contribution in [2.45, 2.75) is 39.2 Å². The summed E-state index contributed by atoms with van der Waals surface area (Å²) >= 11 is 0. The van der Waals surface area contributed by atoms with Gasteiger partial charge in [0.25, 0.3) is 6.01 Å². The van der Waals surface area contributed by atoms with Gasteiger partial charge in [-0.2, -0.15) is 0 Å². The summed E-state index contributed by atoms with van der Waals surface area (Å²) in [5.74, 6) is 0. The molecule has 1 aromatic heterocycles. The fourth-order valence-electron chi connectivity index (χ4n) is 1.76. The van der Waals surface area contributed by atoms with Crippen molar-refractivity contribution in [2.24, 2.45) is 0 Å². The molecule has 13 heavy (non-hydrogen) atoms. The van der Waals surface area contributed by atoms with Crippen molar-refractivity contribution in [1.82, 2.24) is 9.55 Å². The molecule has 0 radical (unpaired) electrons. The molecule has 1 saturated carbocycles. The van der Waals surface area contributed by atoms with Crippen LogP contribution in [0, 0.1) is 13.8 Å². The van der Waals surface area contributed by atoms with E-state index in [1.165, 1.54) is 18.5 Å². The van der Waals surface area contributed by atoms with E-state index in [2.05, 4.69) is 23.4 Å². The smallest absolute Gasteiger partial charge is 0.296 e. The van der Waals surface area contributed by atoms with Crippen LogP contribution in [-0.2, 0) is 5.54 Å². The first-order chi connectivity index (χ1) is 6.08. The third kappa shape index (κ3) is 1.14. The summed E-state index contributed by atoms with van der Waals surface area (Å²) in [6.07, 6.45) is 2.47. The number of rotatable bonds is 2. The molecule has 0 spiro atoms. The Labute approximate surface area is 78.7 Å². The molecule has 0 aliphatic heterocycles. The molecular formula is C10H16N2O. The Morgan fingerprint density at radius 1 is 1.38 bits per heavy atom. The van der Waals surface area contributed by atoms with Gasteiger partial charge < -0.3 is 4.74 Å². The summed E-state index contributed by atoms with van der Waals surface area (Å²) in [7, 11) is 1.68. The number of imidazole rings is 1. The molecule has 0 atom stereocenters. The highest BCUT2D eigenvalue weighted by Gasteiger charge is 2.42. The van der Waals surface area contributed by atoms with Crippen LogP contribution < -0.4 is 4.74 Å². The highest BCUT2D eigenvalue weighted by atomic mass is 16.5. The molecule has 0 bridgehead atoms. The average Bonchev–Trinajstić information content (AvgIpc) is 2.75. The van der Waals surface area contributed by atoms with Crippen LogP contribution in [0.2, 0.25) is 0 Å². The monoisotopic (exact) mass is 180 g/mol. The van der Waals surface area contributed by atoms with E-state index in [1.807, 2.05) is 6.92 Å². The third-order valence-corrected chi connectivity index (χ3v) is 3.01. The van der Waals surface area contributed by atoms with Crippen LogP contribution in [0.15, 0.2) is 0 Å². The minimum atomic E-state index is 0.274. The lowest BCUT2D eigenvalue weighted by Gasteiger charge is -2.15. The molecular weight excluding hydrogens is 164 g/mol. The second-order valence-corrected chi connectivity index (χ2v) is 4.10. The van der Waals surface area contributed by atoms with Gasteiger partial charge in [-0.1, -0.05) is 0 Å². The lowest BCUT2D eigenvalue weighted by molar-refractivity contribution is 0.332.